The summed E-state index contributed by atoms with van der Waals surface area (Å²) in [6.45, 7) is 0.635. The van der Waals surface area contributed by atoms with Crippen LogP contribution in [0, 0.1) is 0 Å². The van der Waals surface area contributed by atoms with Crippen LogP contribution in [0.2, 0.25) is 0 Å². The van der Waals surface area contributed by atoms with Gasteiger partial charge in [-0.15, -0.1) is 0 Å². The van der Waals surface area contributed by atoms with Gasteiger partial charge in [0.1, 0.15) is 0 Å². The monoisotopic (exact) mass is 211 g/mol. The van der Waals surface area contributed by atoms with Gasteiger partial charge in [-0.2, -0.15) is 11.8 Å². The van der Waals surface area contributed by atoms with E-state index in [2.05, 4.69) is 10.3 Å². The first kappa shape index (κ1) is 10.8. The molecule has 1 aromatic rings. The molecule has 1 amide bonds. The SMILES string of the molecule is CSCCNC(=O)c1ncccc1N. The zero-order chi connectivity index (χ0) is 10.4. The highest BCUT2D eigenvalue weighted by atomic mass is 32.2. The number of nitrogens with two attached hydrogens (primary N) is 1. The van der Waals surface area contributed by atoms with E-state index < -0.39 is 0 Å². The number of anilines is 1. The number of amides is 1. The van der Waals surface area contributed by atoms with Crippen molar-refractivity contribution < 1.29 is 4.79 Å². The van der Waals surface area contributed by atoms with E-state index in [1.165, 1.54) is 0 Å². The van der Waals surface area contributed by atoms with Crippen molar-refractivity contribution >= 4 is 23.4 Å². The van der Waals surface area contributed by atoms with Crippen LogP contribution in [0.25, 0.3) is 0 Å². The molecule has 5 heteroatoms. The summed E-state index contributed by atoms with van der Waals surface area (Å²) >= 11 is 1.68. The Morgan fingerprint density at radius 2 is 2.50 bits per heavy atom. The first-order chi connectivity index (χ1) is 6.75. The second-order valence-corrected chi connectivity index (χ2v) is 3.68. The molecule has 0 aliphatic heterocycles. The molecule has 0 unspecified atom stereocenters. The quantitative estimate of drug-likeness (QED) is 0.721. The molecule has 3 N–H and O–H groups in total. The van der Waals surface area contributed by atoms with Crippen LogP contribution in [-0.2, 0) is 0 Å². The van der Waals surface area contributed by atoms with E-state index in [0.29, 0.717) is 17.9 Å². The van der Waals surface area contributed by atoms with Crippen LogP contribution >= 0.6 is 11.8 Å². The molecule has 76 valence electrons. The lowest BCUT2D eigenvalue weighted by atomic mass is 10.3. The fourth-order valence-electron chi connectivity index (χ4n) is 0.958. The van der Waals surface area contributed by atoms with Crippen LogP contribution in [-0.4, -0.2) is 29.4 Å². The average molecular weight is 211 g/mol. The van der Waals surface area contributed by atoms with E-state index >= 15 is 0 Å². The number of aromatic nitrogens is 1. The molecule has 0 bridgehead atoms. The van der Waals surface area contributed by atoms with Crippen molar-refractivity contribution in [3.63, 3.8) is 0 Å². The predicted octanol–water partition coefficient (Wildman–Crippen LogP) is 0.757. The Morgan fingerprint density at radius 1 is 1.71 bits per heavy atom. The number of nitrogen functional groups attached to an aromatic ring is 1. The molecule has 0 atom stereocenters. The lowest BCUT2D eigenvalue weighted by Crippen LogP contribution is -2.27. The molecule has 0 saturated carbocycles. The molecule has 0 spiro atoms. The van der Waals surface area contributed by atoms with Gasteiger partial charge in [0.2, 0.25) is 0 Å². The average Bonchev–Trinajstić information content (AvgIpc) is 2.18. The molecule has 0 aliphatic carbocycles. The van der Waals surface area contributed by atoms with Crippen molar-refractivity contribution in [1.29, 1.82) is 0 Å². The van der Waals surface area contributed by atoms with Crippen LogP contribution in [0.5, 0.6) is 0 Å². The lowest BCUT2D eigenvalue weighted by molar-refractivity contribution is 0.0952. The number of rotatable bonds is 4. The maximum Gasteiger partial charge on any atom is 0.272 e. The largest absolute Gasteiger partial charge is 0.397 e. The molecular formula is C9H13N3OS. The Balaban J connectivity index is 2.56. The van der Waals surface area contributed by atoms with Gasteiger partial charge in [0.15, 0.2) is 5.69 Å². The van der Waals surface area contributed by atoms with E-state index in [1.807, 2.05) is 6.26 Å². The molecule has 4 nitrogen and oxygen atoms in total. The first-order valence-electron chi connectivity index (χ1n) is 4.23. The summed E-state index contributed by atoms with van der Waals surface area (Å²) < 4.78 is 0. The third-order valence-electron chi connectivity index (χ3n) is 1.65. The van der Waals surface area contributed by atoms with E-state index in [0.717, 1.165) is 5.75 Å². The van der Waals surface area contributed by atoms with Crippen LogP contribution < -0.4 is 11.1 Å². The number of hydrogen-bond acceptors (Lipinski definition) is 4. The molecule has 1 rings (SSSR count). The highest BCUT2D eigenvalue weighted by molar-refractivity contribution is 7.98. The number of hydrogen-bond donors (Lipinski definition) is 2. The van der Waals surface area contributed by atoms with Gasteiger partial charge in [0.25, 0.3) is 5.91 Å². The number of pyridine rings is 1. The standard InChI is InChI=1S/C9H13N3OS/c1-14-6-5-12-9(13)8-7(10)3-2-4-11-8/h2-4H,5-6,10H2,1H3,(H,12,13). The molecule has 0 fully saturated rings. The van der Waals surface area contributed by atoms with Gasteiger partial charge in [-0.3, -0.25) is 4.79 Å². The minimum absolute atomic E-state index is 0.211. The Bertz CT molecular complexity index is 317. The van der Waals surface area contributed by atoms with E-state index in [-0.39, 0.29) is 5.91 Å². The van der Waals surface area contributed by atoms with Crippen molar-refractivity contribution in [1.82, 2.24) is 10.3 Å². The maximum atomic E-state index is 11.5. The zero-order valence-corrected chi connectivity index (χ0v) is 8.80. The smallest absolute Gasteiger partial charge is 0.272 e. The topological polar surface area (TPSA) is 68.0 Å². The highest BCUT2D eigenvalue weighted by Crippen LogP contribution is 2.05. The van der Waals surface area contributed by atoms with Crippen molar-refractivity contribution in [2.45, 2.75) is 0 Å². The Hall–Kier alpha value is -1.23. The third-order valence-corrected chi connectivity index (χ3v) is 2.26. The fourth-order valence-corrected chi connectivity index (χ4v) is 1.26. The molecule has 1 aromatic heterocycles. The summed E-state index contributed by atoms with van der Waals surface area (Å²) in [5, 5.41) is 2.74. The maximum absolute atomic E-state index is 11.5. The van der Waals surface area contributed by atoms with E-state index in [9.17, 15) is 4.79 Å². The van der Waals surface area contributed by atoms with Crippen LogP contribution in [0.3, 0.4) is 0 Å². The van der Waals surface area contributed by atoms with Gasteiger partial charge in [-0.05, 0) is 18.4 Å². The molecule has 1 heterocycles. The van der Waals surface area contributed by atoms with E-state index in [4.69, 9.17) is 5.73 Å². The first-order valence-corrected chi connectivity index (χ1v) is 5.62. The fraction of sp³-hybridized carbons (Fsp3) is 0.333. The summed E-state index contributed by atoms with van der Waals surface area (Å²) in [7, 11) is 0. The predicted molar refractivity (Wildman–Crippen MR) is 59.4 cm³/mol. The van der Waals surface area contributed by atoms with Gasteiger partial charge in [0.05, 0.1) is 5.69 Å². The molecule has 0 aromatic carbocycles. The summed E-state index contributed by atoms with van der Waals surface area (Å²) in [4.78, 5) is 15.4. The number of nitrogens with zero attached hydrogens (tertiary/aromatic N) is 1. The van der Waals surface area contributed by atoms with E-state index in [1.54, 1.807) is 30.1 Å². The molecule has 14 heavy (non-hydrogen) atoms. The van der Waals surface area contributed by atoms with Gasteiger partial charge >= 0.3 is 0 Å². The van der Waals surface area contributed by atoms with Gasteiger partial charge in [0, 0.05) is 18.5 Å². The summed E-state index contributed by atoms with van der Waals surface area (Å²) in [5.74, 6) is 0.676. The molecule has 0 saturated heterocycles. The number of nitrogens with one attached hydrogen (secondary N) is 1. The minimum Gasteiger partial charge on any atom is -0.397 e. The summed E-state index contributed by atoms with van der Waals surface area (Å²) in [5.41, 5.74) is 6.31. The van der Waals surface area contributed by atoms with Gasteiger partial charge in [-0.25, -0.2) is 4.98 Å². The van der Waals surface area contributed by atoms with Crippen molar-refractivity contribution in [2.75, 3.05) is 24.3 Å². The lowest BCUT2D eigenvalue weighted by Gasteiger charge is -2.04. The van der Waals surface area contributed by atoms with Crippen LogP contribution in [0.15, 0.2) is 18.3 Å². The molecular weight excluding hydrogens is 198 g/mol. The highest BCUT2D eigenvalue weighted by Gasteiger charge is 2.08. The Kier molecular flexibility index (Phi) is 4.25. The van der Waals surface area contributed by atoms with Crippen LogP contribution in [0.1, 0.15) is 10.5 Å². The van der Waals surface area contributed by atoms with Crippen LogP contribution in [0.4, 0.5) is 5.69 Å². The second-order valence-electron chi connectivity index (χ2n) is 2.69. The summed E-state index contributed by atoms with van der Waals surface area (Å²) in [6.07, 6.45) is 3.54. The zero-order valence-electron chi connectivity index (χ0n) is 7.99. The van der Waals surface area contributed by atoms with Crippen molar-refractivity contribution in [2.24, 2.45) is 0 Å². The number of thioether (sulfide) groups is 1. The van der Waals surface area contributed by atoms with Gasteiger partial charge in [-0.1, -0.05) is 0 Å². The molecule has 0 radical (unpaired) electrons. The minimum atomic E-state index is -0.211. The second kappa shape index (κ2) is 5.49. The van der Waals surface area contributed by atoms with Gasteiger partial charge < -0.3 is 11.1 Å². The normalized spacial score (nSPS) is 9.79. The number of carbonyl (C=O) groups is 1. The molecule has 0 aliphatic rings. The Morgan fingerprint density at radius 3 is 3.14 bits per heavy atom. The van der Waals surface area contributed by atoms with Crippen molar-refractivity contribution in [3.05, 3.63) is 24.0 Å². The summed E-state index contributed by atoms with van der Waals surface area (Å²) in [6, 6.07) is 3.37. The third kappa shape index (κ3) is 2.92. The number of carbonyl (C=O) groups excluding carboxylic acids is 1. The Labute approximate surface area is 87.3 Å². The van der Waals surface area contributed by atoms with Crippen molar-refractivity contribution in [3.8, 4) is 0 Å².